The second-order valence-corrected chi connectivity index (χ2v) is 27.4. The van der Waals surface area contributed by atoms with Crippen molar-refractivity contribution in [2.24, 2.45) is 0 Å². The minimum Gasteiger partial charge on any atom is -0.462 e. The molecule has 0 aromatic rings. The minimum atomic E-state index is -4.41. The Morgan fingerprint density at radius 1 is 0.352 bits per heavy atom. The molecule has 0 aliphatic heterocycles. The number of rotatable bonds is 68. The summed E-state index contributed by atoms with van der Waals surface area (Å²) in [7, 11) is 1.46. The van der Waals surface area contributed by atoms with E-state index in [0.29, 0.717) is 17.4 Å². The summed E-state index contributed by atoms with van der Waals surface area (Å²) in [5.74, 6) is -0.815. The lowest BCUT2D eigenvalue weighted by atomic mass is 10.0. The topological polar surface area (TPSA) is 108 Å². The average Bonchev–Trinajstić information content (AvgIpc) is 3.30. The Labute approximate surface area is 561 Å². The van der Waals surface area contributed by atoms with Gasteiger partial charge in [0.2, 0.25) is 0 Å². The van der Waals surface area contributed by atoms with Crippen molar-refractivity contribution in [3.63, 3.8) is 0 Å². The van der Waals surface area contributed by atoms with Crippen molar-refractivity contribution < 1.29 is 42.1 Å². The summed E-state index contributed by atoms with van der Waals surface area (Å²) in [6.45, 7) is 4.33. The number of esters is 2. The Morgan fingerprint density at radius 3 is 0.934 bits per heavy atom. The highest BCUT2D eigenvalue weighted by atomic mass is 31.2. The third kappa shape index (κ3) is 75.1. The number of allylic oxidation sites excluding steroid dienone is 22. The van der Waals surface area contributed by atoms with Gasteiger partial charge in [0.1, 0.15) is 19.8 Å². The highest BCUT2D eigenvalue weighted by molar-refractivity contribution is 7.47. The van der Waals surface area contributed by atoms with Gasteiger partial charge in [-0.25, -0.2) is 4.57 Å². The summed E-state index contributed by atoms with van der Waals surface area (Å²) >= 11 is 0. The van der Waals surface area contributed by atoms with E-state index < -0.39 is 26.5 Å². The first kappa shape index (κ1) is 87.2. The zero-order valence-electron chi connectivity index (χ0n) is 59.5. The van der Waals surface area contributed by atoms with Crippen molar-refractivity contribution in [3.05, 3.63) is 134 Å². The molecule has 522 valence electrons. The summed E-state index contributed by atoms with van der Waals surface area (Å²) in [5, 5.41) is 0. The average molecular weight is 1290 g/mol. The van der Waals surface area contributed by atoms with Crippen LogP contribution >= 0.6 is 7.82 Å². The molecular formula is C81H141NO8P+. The zero-order chi connectivity index (χ0) is 66.2. The number of unbranched alkanes of at least 4 members (excludes halogenated alkanes) is 32. The number of carbonyl (C=O) groups is 2. The van der Waals surface area contributed by atoms with Gasteiger partial charge in [0, 0.05) is 12.8 Å². The van der Waals surface area contributed by atoms with E-state index in [1.54, 1.807) is 0 Å². The van der Waals surface area contributed by atoms with Crippen LogP contribution in [0.15, 0.2) is 134 Å². The molecule has 0 bridgehead atoms. The van der Waals surface area contributed by atoms with E-state index in [0.717, 1.165) is 122 Å². The fourth-order valence-electron chi connectivity index (χ4n) is 10.3. The van der Waals surface area contributed by atoms with E-state index in [2.05, 4.69) is 148 Å². The van der Waals surface area contributed by atoms with Gasteiger partial charge in [0.05, 0.1) is 27.7 Å². The van der Waals surface area contributed by atoms with Crippen LogP contribution in [-0.4, -0.2) is 74.9 Å². The van der Waals surface area contributed by atoms with E-state index >= 15 is 0 Å². The summed E-state index contributed by atoms with van der Waals surface area (Å²) in [6, 6.07) is 0. The first-order chi connectivity index (χ1) is 44.5. The number of ether oxygens (including phenoxy) is 2. The van der Waals surface area contributed by atoms with Crippen molar-refractivity contribution in [2.75, 3.05) is 47.5 Å². The number of phosphoric acid groups is 1. The van der Waals surface area contributed by atoms with Crippen LogP contribution < -0.4 is 0 Å². The maximum Gasteiger partial charge on any atom is 0.472 e. The summed E-state index contributed by atoms with van der Waals surface area (Å²) < 4.78 is 34.7. The first-order valence-corrected chi connectivity index (χ1v) is 38.9. The molecule has 0 aliphatic carbocycles. The number of hydrogen-bond acceptors (Lipinski definition) is 7. The highest BCUT2D eigenvalue weighted by Gasteiger charge is 2.27. The van der Waals surface area contributed by atoms with Crippen LogP contribution in [0.4, 0.5) is 0 Å². The van der Waals surface area contributed by atoms with E-state index in [-0.39, 0.29) is 32.0 Å². The highest BCUT2D eigenvalue weighted by Crippen LogP contribution is 2.43. The molecule has 2 atom stereocenters. The monoisotopic (exact) mass is 1290 g/mol. The van der Waals surface area contributed by atoms with Gasteiger partial charge in [0.15, 0.2) is 6.10 Å². The molecule has 10 heteroatoms. The molecule has 0 aromatic heterocycles. The number of quaternary nitrogens is 1. The Balaban J connectivity index is 4.11. The van der Waals surface area contributed by atoms with Crippen molar-refractivity contribution in [1.29, 1.82) is 0 Å². The summed E-state index contributed by atoms with van der Waals surface area (Å²) in [5.41, 5.74) is 0. The Kier molecular flexibility index (Phi) is 67.5. The van der Waals surface area contributed by atoms with Crippen LogP contribution in [0.2, 0.25) is 0 Å². The number of phosphoric ester groups is 1. The van der Waals surface area contributed by atoms with Gasteiger partial charge < -0.3 is 18.9 Å². The van der Waals surface area contributed by atoms with Gasteiger partial charge in [-0.1, -0.05) is 340 Å². The lowest BCUT2D eigenvalue weighted by Gasteiger charge is -2.24. The minimum absolute atomic E-state index is 0.0226. The number of likely N-dealkylation sites (N-methyl/N-ethyl adjacent to an activating group) is 1. The SMILES string of the molecule is CC/C=C\C/C=C\C/C=C\C/C=C\C/C=C\C/C=C\C/C=C\C/C=C\C/C=C\C/C=C\C/C=C\CCCCCCCC(=O)OC(COC(=O)CCCCCCCCCCCCCCCCCCCCCCCCCCCCCC)COP(=O)(O)OCC[N+](C)(C)C. The largest absolute Gasteiger partial charge is 0.472 e. The molecule has 2 unspecified atom stereocenters. The molecule has 0 saturated heterocycles. The molecule has 0 rings (SSSR count). The Hall–Kier alpha value is -3.85. The zero-order valence-corrected chi connectivity index (χ0v) is 60.4. The fraction of sp³-hybridized carbons (Fsp3) is 0.704. The standard InChI is InChI=1S/C81H140NO8P/c1-6-8-10-12-14-16-18-20-22-24-26-28-30-32-34-36-37-38-39-40-41-42-43-44-45-46-48-50-52-54-56-58-60-62-64-66-68-70-72-74-81(84)90-79(78-89-91(85,86)88-76-75-82(3,4)5)77-87-80(83)73-71-69-67-65-63-61-59-57-55-53-51-49-47-35-33-31-29-27-25-23-21-19-17-15-13-11-9-7-2/h8,10,14,16,20,22,26,28,32,34,37-38,40-41,43-44,46,48,52,54,58,60,79H,6-7,9,11-13,15,17-19,21,23-25,27,29-31,33,35-36,39,42,45,47,49-51,53,55-57,59,61-78H2,1-5H3/p+1/b10-8-,16-14-,22-20-,28-26-,34-32-,38-37-,41-40-,44-43-,48-46-,54-52-,60-58-. The smallest absolute Gasteiger partial charge is 0.462 e. The van der Waals surface area contributed by atoms with E-state index in [4.69, 9.17) is 18.5 Å². The molecule has 0 radical (unpaired) electrons. The maximum atomic E-state index is 12.9. The molecular weight excluding hydrogens is 1150 g/mol. The van der Waals surface area contributed by atoms with Crippen LogP contribution in [-0.2, 0) is 32.7 Å². The molecule has 0 aliphatic rings. The predicted molar refractivity (Wildman–Crippen MR) is 394 cm³/mol. The van der Waals surface area contributed by atoms with Crippen molar-refractivity contribution in [1.82, 2.24) is 0 Å². The van der Waals surface area contributed by atoms with Crippen LogP contribution in [0, 0.1) is 0 Å². The van der Waals surface area contributed by atoms with Crippen molar-refractivity contribution in [3.8, 4) is 0 Å². The second-order valence-electron chi connectivity index (χ2n) is 26.0. The molecule has 1 N–H and O–H groups in total. The summed E-state index contributed by atoms with van der Waals surface area (Å²) in [4.78, 5) is 35.9. The molecule has 0 spiro atoms. The van der Waals surface area contributed by atoms with Crippen LogP contribution in [0.25, 0.3) is 0 Å². The lowest BCUT2D eigenvalue weighted by molar-refractivity contribution is -0.870. The van der Waals surface area contributed by atoms with Crippen LogP contribution in [0.5, 0.6) is 0 Å². The van der Waals surface area contributed by atoms with Gasteiger partial charge in [-0.3, -0.25) is 18.6 Å². The van der Waals surface area contributed by atoms with Crippen LogP contribution in [0.3, 0.4) is 0 Å². The molecule has 0 saturated carbocycles. The van der Waals surface area contributed by atoms with Gasteiger partial charge in [0.25, 0.3) is 0 Å². The molecule has 0 heterocycles. The van der Waals surface area contributed by atoms with Gasteiger partial charge in [-0.05, 0) is 96.3 Å². The van der Waals surface area contributed by atoms with E-state index in [1.807, 2.05) is 21.1 Å². The second kappa shape index (κ2) is 70.5. The van der Waals surface area contributed by atoms with Gasteiger partial charge in [-0.15, -0.1) is 0 Å². The fourth-order valence-corrected chi connectivity index (χ4v) is 11.0. The normalized spacial score (nSPS) is 13.9. The molecule has 0 fully saturated rings. The Bertz CT molecular complexity index is 2000. The molecule has 9 nitrogen and oxygen atoms in total. The maximum absolute atomic E-state index is 12.9. The summed E-state index contributed by atoms with van der Waals surface area (Å²) in [6.07, 6.45) is 103. The number of carbonyl (C=O) groups excluding carboxylic acids is 2. The van der Waals surface area contributed by atoms with Crippen molar-refractivity contribution >= 4 is 19.8 Å². The molecule has 0 aromatic carbocycles. The first-order valence-electron chi connectivity index (χ1n) is 37.4. The van der Waals surface area contributed by atoms with E-state index in [9.17, 15) is 19.0 Å². The number of hydrogen-bond donors (Lipinski definition) is 1. The van der Waals surface area contributed by atoms with Crippen molar-refractivity contribution in [2.45, 2.75) is 322 Å². The van der Waals surface area contributed by atoms with Crippen LogP contribution in [0.1, 0.15) is 316 Å². The van der Waals surface area contributed by atoms with E-state index in [1.165, 1.54) is 161 Å². The Morgan fingerprint density at radius 2 is 0.626 bits per heavy atom. The predicted octanol–water partition coefficient (Wildman–Crippen LogP) is 24.8. The third-order valence-corrected chi connectivity index (χ3v) is 16.9. The molecule has 0 amide bonds. The quantitative estimate of drug-likeness (QED) is 0.0211. The third-order valence-electron chi connectivity index (χ3n) is 15.9. The van der Waals surface area contributed by atoms with Gasteiger partial charge >= 0.3 is 19.8 Å². The molecule has 91 heavy (non-hydrogen) atoms. The van der Waals surface area contributed by atoms with Gasteiger partial charge in [-0.2, -0.15) is 0 Å². The lowest BCUT2D eigenvalue weighted by Crippen LogP contribution is -2.37. The number of nitrogens with zero attached hydrogens (tertiary/aromatic N) is 1.